The molecule has 0 aliphatic heterocycles. The molecule has 0 saturated heterocycles. The Hall–Kier alpha value is -4.61. The van der Waals surface area contributed by atoms with Gasteiger partial charge < -0.3 is 14.6 Å². The Labute approximate surface area is 235 Å². The number of nitrogens with zero attached hydrogens (tertiary/aromatic N) is 1. The molecule has 0 aliphatic rings. The normalized spacial score (nSPS) is 12.1. The summed E-state index contributed by atoms with van der Waals surface area (Å²) in [6.45, 7) is 3.79. The van der Waals surface area contributed by atoms with E-state index in [1.54, 1.807) is 6.07 Å². The average Bonchev–Trinajstić information content (AvgIpc) is 3.00. The maximum Gasteiger partial charge on any atom is 0.268 e. The summed E-state index contributed by atoms with van der Waals surface area (Å²) in [5.74, 6) is 0.629. The van der Waals surface area contributed by atoms with Crippen molar-refractivity contribution in [3.8, 4) is 11.5 Å². The molecule has 202 valence electrons. The number of aromatic nitrogens is 1. The summed E-state index contributed by atoms with van der Waals surface area (Å²) in [5, 5.41) is 21.9. The van der Waals surface area contributed by atoms with Crippen molar-refractivity contribution < 1.29 is 24.5 Å². The van der Waals surface area contributed by atoms with Crippen LogP contribution in [0.25, 0.3) is 0 Å². The lowest BCUT2D eigenvalue weighted by atomic mass is 10.0. The minimum absolute atomic E-state index is 0.126. The highest BCUT2D eigenvalue weighted by atomic mass is 16.5. The Morgan fingerprint density at radius 3 is 1.25 bits per heavy atom. The van der Waals surface area contributed by atoms with Crippen LogP contribution in [0.3, 0.4) is 0 Å². The minimum Gasteiger partial charge on any atom is -0.477 e. The minimum atomic E-state index is -0.910. The van der Waals surface area contributed by atoms with Gasteiger partial charge in [0.15, 0.2) is 5.75 Å². The average molecular weight is 533 g/mol. The molecule has 0 fully saturated rings. The van der Waals surface area contributed by atoms with Crippen molar-refractivity contribution in [2.24, 2.45) is 5.92 Å². The zero-order valence-corrected chi connectivity index (χ0v) is 22.7. The summed E-state index contributed by atoms with van der Waals surface area (Å²) in [6, 6.07) is 41.5. The first-order valence-corrected chi connectivity index (χ1v) is 13.5. The molecule has 5 heteroatoms. The summed E-state index contributed by atoms with van der Waals surface area (Å²) >= 11 is 0. The Kier molecular flexibility index (Phi) is 8.43. The molecule has 0 spiro atoms. The summed E-state index contributed by atoms with van der Waals surface area (Å²) in [6.07, 6.45) is -0.345. The van der Waals surface area contributed by atoms with Crippen LogP contribution >= 0.6 is 0 Å². The Morgan fingerprint density at radius 1 is 0.550 bits per heavy atom. The maximum absolute atomic E-state index is 11.0. The molecule has 0 radical (unpaired) electrons. The van der Waals surface area contributed by atoms with Gasteiger partial charge in [-0.1, -0.05) is 135 Å². The summed E-state index contributed by atoms with van der Waals surface area (Å²) in [7, 11) is 0. The van der Waals surface area contributed by atoms with Gasteiger partial charge in [0.25, 0.3) is 11.9 Å². The second-order valence-corrected chi connectivity index (χ2v) is 10.1. The molecule has 1 aromatic heterocycles. The quantitative estimate of drug-likeness (QED) is 0.147. The van der Waals surface area contributed by atoms with Gasteiger partial charge >= 0.3 is 0 Å². The van der Waals surface area contributed by atoms with Crippen LogP contribution in [0, 0.1) is 5.92 Å². The van der Waals surface area contributed by atoms with Crippen molar-refractivity contribution in [2.75, 3.05) is 0 Å². The number of aliphatic hydroxyl groups is 1. The lowest BCUT2D eigenvalue weighted by molar-refractivity contribution is -0.911. The maximum atomic E-state index is 11.0. The van der Waals surface area contributed by atoms with Crippen molar-refractivity contribution in [2.45, 2.75) is 32.2 Å². The molecule has 40 heavy (non-hydrogen) atoms. The summed E-state index contributed by atoms with van der Waals surface area (Å²) < 4.78 is 14.4. The third-order valence-electron chi connectivity index (χ3n) is 6.86. The van der Waals surface area contributed by atoms with E-state index < -0.39 is 18.3 Å². The number of pyridine rings is 1. The van der Waals surface area contributed by atoms with Gasteiger partial charge in [-0.3, -0.25) is 5.21 Å². The number of rotatable bonds is 10. The van der Waals surface area contributed by atoms with Crippen molar-refractivity contribution in [3.63, 3.8) is 0 Å². The molecule has 0 saturated carbocycles. The van der Waals surface area contributed by atoms with E-state index in [0.717, 1.165) is 27.0 Å². The van der Waals surface area contributed by atoms with E-state index in [4.69, 9.17) is 9.47 Å². The Bertz CT molecular complexity index is 1410. The number of aliphatic hydroxyl groups excluding tert-OH is 1. The van der Waals surface area contributed by atoms with Gasteiger partial charge in [-0.05, 0) is 28.2 Å². The number of benzene rings is 4. The van der Waals surface area contributed by atoms with E-state index >= 15 is 0 Å². The first-order valence-electron chi connectivity index (χ1n) is 13.5. The Morgan fingerprint density at radius 2 is 0.900 bits per heavy atom. The monoisotopic (exact) mass is 532 g/mol. The summed E-state index contributed by atoms with van der Waals surface area (Å²) in [5.41, 5.74) is 4.16. The van der Waals surface area contributed by atoms with Gasteiger partial charge in [0.05, 0.1) is 6.07 Å². The standard InChI is InChI=1S/C35H34NO4/c1-25(2)33(37)30-23-31(39-34(26-15-7-3-8-16-26)27-17-9-4-10-18-27)32(24-36(30)38)40-35(28-19-11-5-12-20-28)29-21-13-6-14-22-29/h3-25,33-35,37-38H,1-2H3/q+1/t33-/m1/s1. The van der Waals surface area contributed by atoms with Gasteiger partial charge in [0, 0.05) is 4.73 Å². The van der Waals surface area contributed by atoms with Crippen LogP contribution in [0.4, 0.5) is 0 Å². The van der Waals surface area contributed by atoms with E-state index in [0.29, 0.717) is 17.2 Å². The molecule has 5 aromatic rings. The number of ether oxygens (including phenoxy) is 2. The zero-order valence-electron chi connectivity index (χ0n) is 22.7. The lowest BCUT2D eigenvalue weighted by Crippen LogP contribution is -2.38. The highest BCUT2D eigenvalue weighted by Crippen LogP contribution is 2.39. The molecule has 0 bridgehead atoms. The molecule has 0 aliphatic carbocycles. The largest absolute Gasteiger partial charge is 0.477 e. The third-order valence-corrected chi connectivity index (χ3v) is 6.86. The highest BCUT2D eigenvalue weighted by Gasteiger charge is 2.31. The van der Waals surface area contributed by atoms with E-state index in [1.807, 2.05) is 135 Å². The van der Waals surface area contributed by atoms with Gasteiger partial charge in [0.2, 0.25) is 5.75 Å². The molecule has 5 nitrogen and oxygen atoms in total. The fourth-order valence-electron chi connectivity index (χ4n) is 4.69. The molecule has 2 N–H and O–H groups in total. The fourth-order valence-corrected chi connectivity index (χ4v) is 4.69. The van der Waals surface area contributed by atoms with E-state index in [1.165, 1.54) is 6.20 Å². The summed E-state index contributed by atoms with van der Waals surface area (Å²) in [4.78, 5) is 0. The highest BCUT2D eigenvalue weighted by molar-refractivity contribution is 5.42. The van der Waals surface area contributed by atoms with Crippen LogP contribution in [0.1, 0.15) is 60.1 Å². The van der Waals surface area contributed by atoms with Crippen molar-refractivity contribution >= 4 is 0 Å². The van der Waals surface area contributed by atoms with E-state index in [-0.39, 0.29) is 5.92 Å². The number of hydrogen-bond donors (Lipinski definition) is 2. The van der Waals surface area contributed by atoms with Crippen LogP contribution in [0.15, 0.2) is 134 Å². The van der Waals surface area contributed by atoms with E-state index in [9.17, 15) is 10.3 Å². The second kappa shape index (κ2) is 12.5. The zero-order chi connectivity index (χ0) is 27.9. The lowest BCUT2D eigenvalue weighted by Gasteiger charge is -2.24. The number of hydrogen-bond acceptors (Lipinski definition) is 4. The van der Waals surface area contributed by atoms with Crippen LogP contribution in [-0.2, 0) is 0 Å². The first kappa shape index (κ1) is 27.0. The van der Waals surface area contributed by atoms with Crippen LogP contribution in [-0.4, -0.2) is 10.3 Å². The van der Waals surface area contributed by atoms with E-state index in [2.05, 4.69) is 0 Å². The molecule has 0 amide bonds. The molecular formula is C35H34NO4+. The second-order valence-electron chi connectivity index (χ2n) is 10.1. The smallest absolute Gasteiger partial charge is 0.268 e. The van der Waals surface area contributed by atoms with Gasteiger partial charge in [-0.2, -0.15) is 0 Å². The molecule has 5 rings (SSSR count). The SMILES string of the molecule is CC(C)[C@@H](O)c1cc(OC(c2ccccc2)c2ccccc2)c(OC(c2ccccc2)c2ccccc2)c[n+]1O. The van der Waals surface area contributed by atoms with Gasteiger partial charge in [-0.25, -0.2) is 0 Å². The molecule has 1 atom stereocenters. The third kappa shape index (κ3) is 6.16. The molecule has 1 heterocycles. The van der Waals surface area contributed by atoms with Crippen LogP contribution in [0.2, 0.25) is 0 Å². The molecular weight excluding hydrogens is 498 g/mol. The molecule has 4 aromatic carbocycles. The van der Waals surface area contributed by atoms with Crippen molar-refractivity contribution in [1.29, 1.82) is 0 Å². The fraction of sp³-hybridized carbons (Fsp3) is 0.171. The predicted octanol–water partition coefficient (Wildman–Crippen LogP) is 7.24. The Balaban J connectivity index is 1.63. The predicted molar refractivity (Wildman–Crippen MR) is 154 cm³/mol. The van der Waals surface area contributed by atoms with Crippen molar-refractivity contribution in [1.82, 2.24) is 0 Å². The van der Waals surface area contributed by atoms with Crippen LogP contribution < -0.4 is 14.2 Å². The van der Waals surface area contributed by atoms with Gasteiger partial charge in [0.1, 0.15) is 18.3 Å². The topological polar surface area (TPSA) is 62.8 Å². The van der Waals surface area contributed by atoms with Gasteiger partial charge in [-0.15, -0.1) is 0 Å². The molecule has 0 unspecified atom stereocenters. The van der Waals surface area contributed by atoms with Crippen LogP contribution in [0.5, 0.6) is 11.5 Å². The van der Waals surface area contributed by atoms with Crippen molar-refractivity contribution in [3.05, 3.63) is 162 Å². The first-order chi connectivity index (χ1) is 19.5.